The van der Waals surface area contributed by atoms with Crippen molar-refractivity contribution in [3.63, 3.8) is 0 Å². The van der Waals surface area contributed by atoms with Crippen molar-refractivity contribution < 1.29 is 0 Å². The molecule has 0 unspecified atom stereocenters. The third kappa shape index (κ3) is 1.67. The maximum absolute atomic E-state index is 5.28. The second-order valence-electron chi connectivity index (χ2n) is 6.39. The van der Waals surface area contributed by atoms with Crippen LogP contribution < -0.4 is 11.3 Å². The van der Waals surface area contributed by atoms with Crippen molar-refractivity contribution in [1.29, 1.82) is 0 Å². The van der Waals surface area contributed by atoms with E-state index in [1.165, 1.54) is 37.8 Å². The van der Waals surface area contributed by atoms with Crippen LogP contribution in [-0.4, -0.2) is 16.6 Å². The Balaban J connectivity index is 1.57. The summed E-state index contributed by atoms with van der Waals surface area (Å²) >= 11 is 1.70. The molecule has 0 spiro atoms. The average molecular weight is 264 g/mol. The van der Waals surface area contributed by atoms with E-state index in [-0.39, 0.29) is 0 Å². The van der Waals surface area contributed by atoms with E-state index in [4.69, 9.17) is 5.84 Å². The molecule has 4 saturated carbocycles. The second-order valence-corrected chi connectivity index (χ2v) is 7.36. The van der Waals surface area contributed by atoms with Gasteiger partial charge in [-0.2, -0.15) is 10.2 Å². The Bertz CT molecular complexity index is 389. The summed E-state index contributed by atoms with van der Waals surface area (Å²) < 4.78 is 0. The Morgan fingerprint density at radius 3 is 2.28 bits per heavy atom. The van der Waals surface area contributed by atoms with Gasteiger partial charge in [0.2, 0.25) is 5.17 Å². The Morgan fingerprint density at radius 1 is 1.11 bits per heavy atom. The predicted molar refractivity (Wildman–Crippen MR) is 75.2 cm³/mol. The molecule has 0 saturated heterocycles. The standard InChI is InChI=1S/C13H20N4S/c14-15-13-17-16-11(6-18-13)12-9-2-7-1-8(4-9)5-10(12)3-7/h7-10,12H,1-6,14H2,(H,15,17). The average Bonchev–Trinajstić information content (AvgIpc) is 2.38. The summed E-state index contributed by atoms with van der Waals surface area (Å²) in [4.78, 5) is 0. The number of hydrazone groups is 2. The molecule has 4 bridgehead atoms. The molecule has 4 nitrogen and oxygen atoms in total. The molecule has 5 rings (SSSR count). The zero-order valence-corrected chi connectivity index (χ0v) is 11.3. The molecule has 1 heterocycles. The summed E-state index contributed by atoms with van der Waals surface area (Å²) in [6, 6.07) is 0. The van der Waals surface area contributed by atoms with Gasteiger partial charge in [0.05, 0.1) is 5.71 Å². The van der Waals surface area contributed by atoms with Gasteiger partial charge in [0, 0.05) is 11.7 Å². The Kier molecular flexibility index (Phi) is 2.57. The molecule has 0 aromatic rings. The number of hydrogen-bond acceptors (Lipinski definition) is 4. The SMILES string of the molecule is N/N=C1/NN=C(C2C3CC4CC(C3)CC2C4)CS1. The van der Waals surface area contributed by atoms with Gasteiger partial charge in [0.1, 0.15) is 0 Å². The van der Waals surface area contributed by atoms with Crippen LogP contribution in [0.5, 0.6) is 0 Å². The summed E-state index contributed by atoms with van der Waals surface area (Å²) in [5, 5.41) is 8.99. The van der Waals surface area contributed by atoms with E-state index in [0.29, 0.717) is 0 Å². The van der Waals surface area contributed by atoms with E-state index in [0.717, 1.165) is 40.5 Å². The van der Waals surface area contributed by atoms with Gasteiger partial charge in [-0.05, 0) is 55.8 Å². The van der Waals surface area contributed by atoms with Crippen molar-refractivity contribution in [2.24, 2.45) is 45.6 Å². The van der Waals surface area contributed by atoms with Gasteiger partial charge in [-0.15, -0.1) is 0 Å². The normalized spacial score (nSPS) is 48.1. The Hall–Kier alpha value is -0.710. The molecule has 3 N–H and O–H groups in total. The van der Waals surface area contributed by atoms with Crippen molar-refractivity contribution in [2.75, 3.05) is 5.75 Å². The molecular weight excluding hydrogens is 244 g/mol. The highest BCUT2D eigenvalue weighted by molar-refractivity contribution is 8.14. The molecule has 98 valence electrons. The number of hydrogen-bond donors (Lipinski definition) is 2. The molecule has 0 aromatic heterocycles. The monoisotopic (exact) mass is 264 g/mol. The van der Waals surface area contributed by atoms with Gasteiger partial charge in [0.25, 0.3) is 0 Å². The lowest BCUT2D eigenvalue weighted by Crippen LogP contribution is -2.49. The lowest BCUT2D eigenvalue weighted by Gasteiger charge is -2.54. The van der Waals surface area contributed by atoms with Gasteiger partial charge in [-0.25, -0.2) is 0 Å². The fourth-order valence-corrected chi connectivity index (χ4v) is 5.76. The molecular formula is C13H20N4S. The number of nitrogens with one attached hydrogen (secondary N) is 1. The zero-order chi connectivity index (χ0) is 12.1. The van der Waals surface area contributed by atoms with Crippen LogP contribution in [-0.2, 0) is 0 Å². The van der Waals surface area contributed by atoms with Crippen LogP contribution in [0, 0.1) is 29.6 Å². The fraction of sp³-hybridized carbons (Fsp3) is 0.846. The van der Waals surface area contributed by atoms with Crippen molar-refractivity contribution in [2.45, 2.75) is 32.1 Å². The predicted octanol–water partition coefficient (Wildman–Crippen LogP) is 1.98. The number of thioether (sulfide) groups is 1. The van der Waals surface area contributed by atoms with E-state index in [1.807, 2.05) is 0 Å². The molecule has 0 radical (unpaired) electrons. The lowest BCUT2D eigenvalue weighted by atomic mass is 9.51. The van der Waals surface area contributed by atoms with Crippen molar-refractivity contribution in [3.05, 3.63) is 0 Å². The first-order valence-electron chi connectivity index (χ1n) is 7.06. The van der Waals surface area contributed by atoms with E-state index < -0.39 is 0 Å². The number of nitrogens with two attached hydrogens (primary N) is 1. The van der Waals surface area contributed by atoms with Gasteiger partial charge in [-0.3, -0.25) is 5.43 Å². The van der Waals surface area contributed by atoms with Crippen LogP contribution in [0.2, 0.25) is 0 Å². The maximum Gasteiger partial charge on any atom is 0.200 e. The number of nitrogens with zero attached hydrogens (tertiary/aromatic N) is 2. The maximum atomic E-state index is 5.28. The summed E-state index contributed by atoms with van der Waals surface area (Å²) in [6.07, 6.45) is 7.35. The molecule has 0 amide bonds. The molecule has 5 aliphatic rings. The smallest absolute Gasteiger partial charge is 0.200 e. The van der Waals surface area contributed by atoms with Crippen LogP contribution in [0.25, 0.3) is 0 Å². The van der Waals surface area contributed by atoms with Crippen LogP contribution in [0.4, 0.5) is 0 Å². The van der Waals surface area contributed by atoms with Gasteiger partial charge in [-0.1, -0.05) is 11.8 Å². The van der Waals surface area contributed by atoms with Crippen LogP contribution in [0.3, 0.4) is 0 Å². The summed E-state index contributed by atoms with van der Waals surface area (Å²) in [5.74, 6) is 10.9. The summed E-state index contributed by atoms with van der Waals surface area (Å²) in [5.41, 5.74) is 4.38. The van der Waals surface area contributed by atoms with E-state index in [9.17, 15) is 0 Å². The first-order chi connectivity index (χ1) is 8.83. The van der Waals surface area contributed by atoms with Crippen molar-refractivity contribution in [1.82, 2.24) is 5.43 Å². The van der Waals surface area contributed by atoms with Crippen molar-refractivity contribution in [3.8, 4) is 0 Å². The first-order valence-corrected chi connectivity index (χ1v) is 8.05. The second kappa shape index (κ2) is 4.15. The molecule has 18 heavy (non-hydrogen) atoms. The Labute approximate surface area is 112 Å². The van der Waals surface area contributed by atoms with Gasteiger partial charge < -0.3 is 5.84 Å². The van der Waals surface area contributed by atoms with Gasteiger partial charge in [0.15, 0.2) is 0 Å². The van der Waals surface area contributed by atoms with Gasteiger partial charge >= 0.3 is 0 Å². The largest absolute Gasteiger partial charge is 0.321 e. The minimum absolute atomic E-state index is 0.747. The molecule has 0 atom stereocenters. The third-order valence-electron chi connectivity index (χ3n) is 5.38. The minimum atomic E-state index is 0.747. The highest BCUT2D eigenvalue weighted by Gasteiger charge is 2.49. The van der Waals surface area contributed by atoms with E-state index in [2.05, 4.69) is 15.6 Å². The third-order valence-corrected chi connectivity index (χ3v) is 6.29. The van der Waals surface area contributed by atoms with E-state index in [1.54, 1.807) is 11.8 Å². The number of rotatable bonds is 1. The fourth-order valence-electron chi connectivity index (χ4n) is 5.03. The molecule has 1 aliphatic heterocycles. The number of amidine groups is 1. The van der Waals surface area contributed by atoms with Crippen molar-refractivity contribution >= 4 is 22.6 Å². The van der Waals surface area contributed by atoms with E-state index >= 15 is 0 Å². The Morgan fingerprint density at radius 2 is 1.78 bits per heavy atom. The topological polar surface area (TPSA) is 62.8 Å². The van der Waals surface area contributed by atoms with Crippen LogP contribution >= 0.6 is 11.8 Å². The van der Waals surface area contributed by atoms with Crippen LogP contribution in [0.15, 0.2) is 10.2 Å². The highest BCUT2D eigenvalue weighted by Crippen LogP contribution is 2.57. The highest BCUT2D eigenvalue weighted by atomic mass is 32.2. The summed E-state index contributed by atoms with van der Waals surface area (Å²) in [7, 11) is 0. The summed E-state index contributed by atoms with van der Waals surface area (Å²) in [6.45, 7) is 0. The zero-order valence-electron chi connectivity index (χ0n) is 10.5. The molecule has 0 aromatic carbocycles. The molecule has 4 aliphatic carbocycles. The molecule has 5 heteroatoms. The first kappa shape index (κ1) is 11.1. The van der Waals surface area contributed by atoms with Crippen LogP contribution in [0.1, 0.15) is 32.1 Å². The molecule has 4 fully saturated rings. The lowest BCUT2D eigenvalue weighted by molar-refractivity contribution is -0.00847. The quantitative estimate of drug-likeness (QED) is 0.562. The minimum Gasteiger partial charge on any atom is -0.321 e.